The van der Waals surface area contributed by atoms with Crippen LogP contribution in [0.2, 0.25) is 0 Å². The number of amides is 1. The molecule has 0 aliphatic rings. The van der Waals surface area contributed by atoms with Gasteiger partial charge in [0.2, 0.25) is 0 Å². The summed E-state index contributed by atoms with van der Waals surface area (Å²) in [6.45, 7) is 9.80. The molecule has 0 spiro atoms. The van der Waals surface area contributed by atoms with Crippen LogP contribution in [-0.2, 0) is 11.2 Å². The van der Waals surface area contributed by atoms with Crippen molar-refractivity contribution in [2.45, 2.75) is 33.1 Å². The van der Waals surface area contributed by atoms with Crippen LogP contribution in [0.4, 0.5) is 5.69 Å². The van der Waals surface area contributed by atoms with Crippen molar-refractivity contribution >= 4 is 17.3 Å². The number of hydrazone groups is 1. The van der Waals surface area contributed by atoms with Gasteiger partial charge in [-0.1, -0.05) is 36.9 Å². The molecule has 2 aromatic rings. The van der Waals surface area contributed by atoms with Crippen molar-refractivity contribution in [1.82, 2.24) is 16.1 Å². The third kappa shape index (κ3) is 10.2. The van der Waals surface area contributed by atoms with Crippen LogP contribution in [0.1, 0.15) is 48.2 Å². The maximum absolute atomic E-state index is 12.4. The number of allylic oxidation sites excluding steroid dienone is 3. The largest absolute Gasteiger partial charge is 0.479 e. The van der Waals surface area contributed by atoms with E-state index in [4.69, 9.17) is 4.74 Å². The zero-order valence-corrected chi connectivity index (χ0v) is 21.6. The van der Waals surface area contributed by atoms with Gasteiger partial charge in [0.05, 0.1) is 12.3 Å². The van der Waals surface area contributed by atoms with E-state index in [2.05, 4.69) is 51.3 Å². The molecule has 0 atom stereocenters. The van der Waals surface area contributed by atoms with Crippen LogP contribution in [0.5, 0.6) is 0 Å². The van der Waals surface area contributed by atoms with E-state index in [1.165, 1.54) is 6.20 Å². The van der Waals surface area contributed by atoms with E-state index in [0.717, 1.165) is 54.2 Å². The molecule has 0 aliphatic carbocycles. The molecule has 0 bridgehead atoms. The Kier molecular flexibility index (Phi) is 13.2. The third-order valence-corrected chi connectivity index (χ3v) is 5.24. The maximum atomic E-state index is 12.4. The summed E-state index contributed by atoms with van der Waals surface area (Å²) in [6.07, 6.45) is 10.2. The molecule has 0 saturated carbocycles. The van der Waals surface area contributed by atoms with Crippen molar-refractivity contribution in [3.63, 3.8) is 0 Å². The molecule has 2 aromatic carbocycles. The first-order chi connectivity index (χ1) is 17.6. The highest BCUT2D eigenvalue weighted by Crippen LogP contribution is 2.15. The second-order valence-corrected chi connectivity index (χ2v) is 7.99. The third-order valence-electron chi connectivity index (χ3n) is 5.24. The summed E-state index contributed by atoms with van der Waals surface area (Å²) in [7, 11) is 1.93. The molecule has 7 nitrogen and oxygen atoms in total. The number of hydrogen-bond acceptors (Lipinski definition) is 6. The number of hydrogen-bond donors (Lipinski definition) is 4. The van der Waals surface area contributed by atoms with Gasteiger partial charge in [0.25, 0.3) is 5.91 Å². The summed E-state index contributed by atoms with van der Waals surface area (Å²) in [5.41, 5.74) is 7.21. The summed E-state index contributed by atoms with van der Waals surface area (Å²) in [6, 6.07) is 15.7. The van der Waals surface area contributed by atoms with Gasteiger partial charge in [0.15, 0.2) is 5.88 Å². The Morgan fingerprint density at radius 3 is 2.53 bits per heavy atom. The molecule has 4 N–H and O–H groups in total. The molecule has 7 heteroatoms. The highest BCUT2D eigenvalue weighted by molar-refractivity contribution is 6.09. The number of ether oxygens (including phenoxy) is 1. The van der Waals surface area contributed by atoms with E-state index in [9.17, 15) is 4.79 Å². The van der Waals surface area contributed by atoms with Gasteiger partial charge in [-0.2, -0.15) is 5.10 Å². The molecular formula is C29H39N5O2. The van der Waals surface area contributed by atoms with Gasteiger partial charge in [-0.05, 0) is 88.7 Å². The summed E-state index contributed by atoms with van der Waals surface area (Å²) >= 11 is 0. The molecule has 192 valence electrons. The quantitative estimate of drug-likeness (QED) is 0.116. The number of rotatable bonds is 16. The zero-order chi connectivity index (χ0) is 26.0. The van der Waals surface area contributed by atoms with E-state index < -0.39 is 0 Å². The Morgan fingerprint density at radius 2 is 1.83 bits per heavy atom. The maximum Gasteiger partial charge on any atom is 0.251 e. The van der Waals surface area contributed by atoms with Gasteiger partial charge in [-0.15, -0.1) is 0 Å². The van der Waals surface area contributed by atoms with Crippen molar-refractivity contribution in [3.05, 3.63) is 102 Å². The smallest absolute Gasteiger partial charge is 0.251 e. The van der Waals surface area contributed by atoms with E-state index in [1.807, 2.05) is 69.4 Å². The number of nitrogens with zero attached hydrogens (tertiary/aromatic N) is 1. The predicted molar refractivity (Wildman–Crippen MR) is 150 cm³/mol. The Hall–Kier alpha value is -3.84. The number of unbranched alkanes of at least 4 members (excludes halogenated alkanes) is 1. The Labute approximate surface area is 215 Å². The molecule has 0 saturated heterocycles. The van der Waals surface area contributed by atoms with Crippen molar-refractivity contribution in [2.24, 2.45) is 5.10 Å². The fourth-order valence-corrected chi connectivity index (χ4v) is 3.41. The molecule has 0 radical (unpaired) electrons. The summed E-state index contributed by atoms with van der Waals surface area (Å²) in [4.78, 5) is 12.4. The Morgan fingerprint density at radius 1 is 1.08 bits per heavy atom. The monoisotopic (exact) mass is 489 g/mol. The zero-order valence-electron chi connectivity index (χ0n) is 21.6. The van der Waals surface area contributed by atoms with Gasteiger partial charge in [0, 0.05) is 29.6 Å². The Bertz CT molecular complexity index is 1040. The molecule has 0 aliphatic heterocycles. The number of carbonyl (C=O) groups is 1. The minimum Gasteiger partial charge on any atom is -0.479 e. The molecule has 0 aromatic heterocycles. The standard InChI is InChI=1S/C29H39N5O2/c1-5-28(36-7-3)33-26-14-10-12-23(22-26)13-11-15-27(34-32-6-2)24-16-18-25(19-17-24)29(35)31-21-9-8-20-30-4/h5-6,10-12,14-19,22,30,32-33H,2,7-9,13,20-21H2,1,3-4H3,(H,31,35)/b15-11-,28-5-,34-27+. The molecule has 0 unspecified atom stereocenters. The lowest BCUT2D eigenvalue weighted by Gasteiger charge is -2.11. The lowest BCUT2D eigenvalue weighted by Crippen LogP contribution is -2.25. The number of nitrogens with one attached hydrogen (secondary N) is 4. The van der Waals surface area contributed by atoms with Crippen molar-refractivity contribution in [1.29, 1.82) is 0 Å². The molecule has 0 heterocycles. The second kappa shape index (κ2) is 16.7. The van der Waals surface area contributed by atoms with E-state index >= 15 is 0 Å². The van der Waals surface area contributed by atoms with Gasteiger partial charge in [0.1, 0.15) is 0 Å². The lowest BCUT2D eigenvalue weighted by molar-refractivity contribution is 0.0953. The predicted octanol–water partition coefficient (Wildman–Crippen LogP) is 4.96. The van der Waals surface area contributed by atoms with Crippen molar-refractivity contribution in [2.75, 3.05) is 32.1 Å². The summed E-state index contributed by atoms with van der Waals surface area (Å²) in [5.74, 6) is 0.671. The van der Waals surface area contributed by atoms with Crippen LogP contribution in [0.3, 0.4) is 0 Å². The van der Waals surface area contributed by atoms with Gasteiger partial charge < -0.3 is 20.7 Å². The minimum absolute atomic E-state index is 0.0665. The SMILES string of the molecule is C=CN/N=C(\C=C/Cc1cccc(N/C(=C/C)OCC)c1)c1ccc(C(=O)NCCCCNC)cc1. The average Bonchev–Trinajstić information content (AvgIpc) is 2.90. The van der Waals surface area contributed by atoms with E-state index in [0.29, 0.717) is 18.7 Å². The van der Waals surface area contributed by atoms with Crippen LogP contribution in [0.25, 0.3) is 0 Å². The molecule has 2 rings (SSSR count). The number of anilines is 1. The van der Waals surface area contributed by atoms with Crippen LogP contribution >= 0.6 is 0 Å². The highest BCUT2D eigenvalue weighted by atomic mass is 16.5. The highest BCUT2D eigenvalue weighted by Gasteiger charge is 2.07. The fraction of sp³-hybridized carbons (Fsp3) is 0.310. The first-order valence-corrected chi connectivity index (χ1v) is 12.4. The minimum atomic E-state index is -0.0665. The summed E-state index contributed by atoms with van der Waals surface area (Å²) < 4.78 is 5.57. The average molecular weight is 490 g/mol. The second-order valence-electron chi connectivity index (χ2n) is 7.99. The van der Waals surface area contributed by atoms with Gasteiger partial charge in [-0.25, -0.2) is 0 Å². The Balaban J connectivity index is 2.03. The van der Waals surface area contributed by atoms with Crippen LogP contribution in [-0.4, -0.2) is 38.4 Å². The summed E-state index contributed by atoms with van der Waals surface area (Å²) in [5, 5.41) is 13.8. The van der Waals surface area contributed by atoms with Crippen molar-refractivity contribution < 1.29 is 9.53 Å². The lowest BCUT2D eigenvalue weighted by atomic mass is 10.1. The first kappa shape index (κ1) is 28.4. The normalized spacial score (nSPS) is 11.9. The van der Waals surface area contributed by atoms with Crippen LogP contribution < -0.4 is 21.4 Å². The van der Waals surface area contributed by atoms with Crippen LogP contribution in [0, 0.1) is 0 Å². The molecule has 0 fully saturated rings. The van der Waals surface area contributed by atoms with E-state index in [1.54, 1.807) is 0 Å². The number of benzene rings is 2. The topological polar surface area (TPSA) is 86.8 Å². The fourth-order valence-electron chi connectivity index (χ4n) is 3.41. The van der Waals surface area contributed by atoms with E-state index in [-0.39, 0.29) is 5.91 Å². The molecular weight excluding hydrogens is 450 g/mol. The number of carbonyl (C=O) groups excluding carboxylic acids is 1. The van der Waals surface area contributed by atoms with Gasteiger partial charge >= 0.3 is 0 Å². The van der Waals surface area contributed by atoms with Crippen LogP contribution in [0.15, 0.2) is 90.5 Å². The molecule has 36 heavy (non-hydrogen) atoms. The first-order valence-electron chi connectivity index (χ1n) is 12.4. The van der Waals surface area contributed by atoms with Gasteiger partial charge in [-0.3, -0.25) is 10.2 Å². The molecule has 1 amide bonds. The van der Waals surface area contributed by atoms with Crippen molar-refractivity contribution in [3.8, 4) is 0 Å².